The maximum Gasteiger partial charge on any atom is 0.411 e. The predicted molar refractivity (Wildman–Crippen MR) is 168 cm³/mol. The van der Waals surface area contributed by atoms with Gasteiger partial charge in [0.15, 0.2) is 6.29 Å². The lowest BCUT2D eigenvalue weighted by atomic mass is 9.82. The van der Waals surface area contributed by atoms with E-state index >= 15 is 0 Å². The van der Waals surface area contributed by atoms with Crippen molar-refractivity contribution in [3.63, 3.8) is 0 Å². The topological polar surface area (TPSA) is 144 Å². The number of nitrogens with zero attached hydrogens (tertiary/aromatic N) is 2. The lowest BCUT2D eigenvalue weighted by Crippen LogP contribution is -2.62. The van der Waals surface area contributed by atoms with E-state index in [1.54, 1.807) is 24.3 Å². The van der Waals surface area contributed by atoms with Crippen LogP contribution in [0.15, 0.2) is 66.7 Å². The molecule has 5 amide bonds. The first-order valence-electron chi connectivity index (χ1n) is 15.6. The standard InChI is InChI=1S/C34H42N4O8/c1-24(2)20-28(27(17-11-16-25-12-5-3-6-13-25)33(42)36-46-31-18-9-10-19-44-31)32(41)35-38-29(39)21-37(22-30(38)40)34(43)45-23-26-14-7-4-8-15-26/h3-8,11-16,24,27-28,31H,9-10,17-23H2,1-2H3,(H,35,41)(H,36,42)/t27-,28+,31?/m0/s1. The molecule has 0 radical (unpaired) electrons. The van der Waals surface area contributed by atoms with Crippen LogP contribution in [0.3, 0.4) is 0 Å². The van der Waals surface area contributed by atoms with Gasteiger partial charge in [-0.05, 0) is 42.7 Å². The van der Waals surface area contributed by atoms with E-state index in [0.717, 1.165) is 28.9 Å². The van der Waals surface area contributed by atoms with Gasteiger partial charge in [-0.15, -0.1) is 0 Å². The highest BCUT2D eigenvalue weighted by atomic mass is 16.8. The number of piperazine rings is 1. The average Bonchev–Trinajstić information content (AvgIpc) is 3.06. The molecule has 2 heterocycles. The van der Waals surface area contributed by atoms with E-state index < -0.39 is 60.9 Å². The molecule has 3 atom stereocenters. The summed E-state index contributed by atoms with van der Waals surface area (Å²) < 4.78 is 10.8. The molecule has 12 nitrogen and oxygen atoms in total. The Hall–Kier alpha value is -4.55. The van der Waals surface area contributed by atoms with E-state index in [1.165, 1.54) is 0 Å². The summed E-state index contributed by atoms with van der Waals surface area (Å²) >= 11 is 0. The van der Waals surface area contributed by atoms with Gasteiger partial charge in [-0.25, -0.2) is 15.1 Å². The molecule has 46 heavy (non-hydrogen) atoms. The Morgan fingerprint density at radius 2 is 1.61 bits per heavy atom. The van der Waals surface area contributed by atoms with Crippen molar-refractivity contribution < 1.29 is 38.3 Å². The Labute approximate surface area is 269 Å². The quantitative estimate of drug-likeness (QED) is 0.249. The zero-order chi connectivity index (χ0) is 32.9. The van der Waals surface area contributed by atoms with Crippen LogP contribution in [0.4, 0.5) is 4.79 Å². The summed E-state index contributed by atoms with van der Waals surface area (Å²) in [5.74, 6) is -4.61. The van der Waals surface area contributed by atoms with Crippen molar-refractivity contribution in [3.05, 3.63) is 77.9 Å². The number of carbonyl (C=O) groups excluding carboxylic acids is 5. The van der Waals surface area contributed by atoms with Gasteiger partial charge in [-0.2, -0.15) is 5.01 Å². The van der Waals surface area contributed by atoms with Gasteiger partial charge in [-0.1, -0.05) is 86.7 Å². The minimum Gasteiger partial charge on any atom is -0.445 e. The fourth-order valence-electron chi connectivity index (χ4n) is 5.25. The van der Waals surface area contributed by atoms with Crippen molar-refractivity contribution in [2.45, 2.75) is 58.8 Å². The van der Waals surface area contributed by atoms with E-state index in [9.17, 15) is 24.0 Å². The Morgan fingerprint density at radius 1 is 0.935 bits per heavy atom. The van der Waals surface area contributed by atoms with Gasteiger partial charge < -0.3 is 9.47 Å². The van der Waals surface area contributed by atoms with E-state index in [0.29, 0.717) is 18.0 Å². The molecule has 0 saturated carbocycles. The number of hydrogen-bond donors (Lipinski definition) is 2. The van der Waals surface area contributed by atoms with Crippen LogP contribution in [-0.2, 0) is 40.1 Å². The van der Waals surface area contributed by atoms with Crippen molar-refractivity contribution in [2.24, 2.45) is 17.8 Å². The van der Waals surface area contributed by atoms with Crippen molar-refractivity contribution in [3.8, 4) is 0 Å². The van der Waals surface area contributed by atoms with Gasteiger partial charge >= 0.3 is 6.09 Å². The minimum atomic E-state index is -0.925. The fraction of sp³-hybridized carbons (Fsp3) is 0.441. The lowest BCUT2D eigenvalue weighted by Gasteiger charge is -2.34. The third kappa shape index (κ3) is 10.2. The Balaban J connectivity index is 1.44. The molecule has 2 N–H and O–H groups in total. The molecule has 2 aromatic rings. The number of hydrazine groups is 1. The van der Waals surface area contributed by atoms with Crippen molar-refractivity contribution in [1.29, 1.82) is 0 Å². The monoisotopic (exact) mass is 634 g/mol. The zero-order valence-corrected chi connectivity index (χ0v) is 26.3. The van der Waals surface area contributed by atoms with E-state index in [-0.39, 0.29) is 25.4 Å². The highest BCUT2D eigenvalue weighted by Gasteiger charge is 2.39. The molecule has 2 fully saturated rings. The normalized spacial score (nSPS) is 18.4. The van der Waals surface area contributed by atoms with Gasteiger partial charge in [0.25, 0.3) is 11.8 Å². The van der Waals surface area contributed by atoms with Crippen LogP contribution in [0.2, 0.25) is 0 Å². The molecule has 2 aliphatic heterocycles. The second-order valence-corrected chi connectivity index (χ2v) is 11.8. The van der Waals surface area contributed by atoms with Crippen molar-refractivity contribution in [2.75, 3.05) is 19.7 Å². The maximum absolute atomic E-state index is 13.8. The van der Waals surface area contributed by atoms with E-state index in [1.807, 2.05) is 62.4 Å². The van der Waals surface area contributed by atoms with Crippen LogP contribution >= 0.6 is 0 Å². The van der Waals surface area contributed by atoms with Gasteiger partial charge in [0.05, 0.1) is 11.8 Å². The number of hydrogen-bond acceptors (Lipinski definition) is 8. The first-order valence-corrected chi connectivity index (χ1v) is 15.6. The summed E-state index contributed by atoms with van der Waals surface area (Å²) in [6.45, 7) is 3.41. The van der Waals surface area contributed by atoms with Crippen LogP contribution in [-0.4, -0.2) is 65.6 Å². The first-order chi connectivity index (χ1) is 22.2. The number of benzene rings is 2. The SMILES string of the molecule is CC(C)C[C@@H](C(=O)NN1C(=O)CN(C(=O)OCc2ccccc2)CC1=O)[C@H](CC=Cc1ccccc1)C(=O)NOC1CCCCO1. The predicted octanol–water partition coefficient (Wildman–Crippen LogP) is 3.98. The summed E-state index contributed by atoms with van der Waals surface area (Å²) in [6, 6.07) is 18.5. The molecule has 0 aromatic heterocycles. The zero-order valence-electron chi connectivity index (χ0n) is 26.3. The summed E-state index contributed by atoms with van der Waals surface area (Å²) in [4.78, 5) is 72.4. The average molecular weight is 635 g/mol. The lowest BCUT2D eigenvalue weighted by molar-refractivity contribution is -0.203. The van der Waals surface area contributed by atoms with Crippen LogP contribution in [0, 0.1) is 17.8 Å². The Bertz CT molecular complexity index is 1340. The molecule has 12 heteroatoms. The maximum atomic E-state index is 13.8. The van der Waals surface area contributed by atoms with Gasteiger partial charge in [0.2, 0.25) is 11.8 Å². The number of nitrogens with one attached hydrogen (secondary N) is 2. The van der Waals surface area contributed by atoms with Gasteiger partial charge in [-0.3, -0.25) is 29.5 Å². The van der Waals surface area contributed by atoms with Crippen LogP contribution in [0.1, 0.15) is 57.1 Å². The van der Waals surface area contributed by atoms with Crippen molar-refractivity contribution >= 4 is 35.8 Å². The second kappa shape index (κ2) is 17.2. The molecule has 2 saturated heterocycles. The fourth-order valence-corrected chi connectivity index (χ4v) is 5.25. The molecule has 0 aliphatic carbocycles. The number of rotatable bonds is 13. The molecule has 246 valence electrons. The number of ether oxygens (including phenoxy) is 2. The minimum absolute atomic E-state index is 0.00520. The highest BCUT2D eigenvalue weighted by Crippen LogP contribution is 2.26. The molecule has 4 rings (SSSR count). The molecular weight excluding hydrogens is 592 g/mol. The summed E-state index contributed by atoms with van der Waals surface area (Å²) in [7, 11) is 0. The van der Waals surface area contributed by atoms with Crippen LogP contribution in [0.5, 0.6) is 0 Å². The summed E-state index contributed by atoms with van der Waals surface area (Å²) in [5, 5.41) is 0.623. The largest absolute Gasteiger partial charge is 0.445 e. The third-order valence-corrected chi connectivity index (χ3v) is 7.65. The van der Waals surface area contributed by atoms with Gasteiger partial charge in [0.1, 0.15) is 19.7 Å². The molecule has 1 unspecified atom stereocenters. The number of carbonyl (C=O) groups is 5. The number of allylic oxidation sites excluding steroid dienone is 1. The van der Waals surface area contributed by atoms with Crippen molar-refractivity contribution in [1.82, 2.24) is 20.8 Å². The number of imide groups is 1. The molecule has 0 bridgehead atoms. The van der Waals surface area contributed by atoms with E-state index in [4.69, 9.17) is 14.3 Å². The Kier molecular flexibility index (Phi) is 12.9. The molecule has 2 aliphatic rings. The van der Waals surface area contributed by atoms with Crippen LogP contribution in [0.25, 0.3) is 6.08 Å². The smallest absolute Gasteiger partial charge is 0.411 e. The third-order valence-electron chi connectivity index (χ3n) is 7.65. The highest BCUT2D eigenvalue weighted by molar-refractivity contribution is 6.03. The van der Waals surface area contributed by atoms with E-state index in [2.05, 4.69) is 10.9 Å². The summed E-state index contributed by atoms with van der Waals surface area (Å²) in [6.07, 6.45) is 5.19. The molecule has 0 spiro atoms. The molecule has 2 aromatic carbocycles. The second-order valence-electron chi connectivity index (χ2n) is 11.8. The number of hydroxylamine groups is 1. The summed E-state index contributed by atoms with van der Waals surface area (Å²) in [5.41, 5.74) is 6.61. The molecular formula is C34H42N4O8. The number of amides is 5. The Morgan fingerprint density at radius 3 is 2.24 bits per heavy atom. The van der Waals surface area contributed by atoms with Crippen LogP contribution < -0.4 is 10.9 Å². The van der Waals surface area contributed by atoms with Gasteiger partial charge in [0, 0.05) is 13.0 Å². The first kappa shape index (κ1) is 34.3.